The average Bonchev–Trinajstić information content (AvgIpc) is 2.77. The highest BCUT2D eigenvalue weighted by molar-refractivity contribution is 6.99. The zero-order valence-electron chi connectivity index (χ0n) is 22.2. The molecule has 0 bridgehead atoms. The van der Waals surface area contributed by atoms with Crippen LogP contribution in [-0.2, 0) is 18.8 Å². The highest BCUT2D eigenvalue weighted by Crippen LogP contribution is 2.37. The quantitative estimate of drug-likeness (QED) is 0.337. The van der Waals surface area contributed by atoms with Crippen molar-refractivity contribution in [3.8, 4) is 0 Å². The first-order chi connectivity index (χ1) is 15.8. The van der Waals surface area contributed by atoms with E-state index in [2.05, 4.69) is 76.2 Å². The number of benzene rings is 2. The molecule has 34 heavy (non-hydrogen) atoms. The molecule has 0 aliphatic heterocycles. The lowest BCUT2D eigenvalue weighted by Crippen LogP contribution is -2.66. The Kier molecular flexibility index (Phi) is 9.43. The van der Waals surface area contributed by atoms with Gasteiger partial charge in [0.05, 0.1) is 5.41 Å². The normalized spacial score (nSPS) is 14.4. The second kappa shape index (κ2) is 11.5. The van der Waals surface area contributed by atoms with E-state index in [1.165, 1.54) is 10.4 Å². The lowest BCUT2D eigenvalue weighted by Gasteiger charge is -2.43. The standard InChI is InChI=1S/C29H42O4Si/c1-22(19-23(2)26(30)21-32-27(31)28(3,4)5)20-33-34(29(6,7)8,24-15-11-9-12-16-24)25-17-13-10-14-18-25/h9-18,22-23H,19-21H2,1-8H3/t22-,23-/m0/s1. The predicted molar refractivity (Wildman–Crippen MR) is 142 cm³/mol. The maximum Gasteiger partial charge on any atom is 0.311 e. The SMILES string of the molecule is C[C@H](CO[Si](c1ccccc1)(c1ccccc1)C(C)(C)C)C[C@H](C)C(=O)COC(=O)C(C)(C)C. The van der Waals surface area contributed by atoms with Gasteiger partial charge < -0.3 is 9.16 Å². The molecule has 2 atom stereocenters. The van der Waals surface area contributed by atoms with Gasteiger partial charge in [0.15, 0.2) is 5.78 Å². The number of carbonyl (C=O) groups excluding carboxylic acids is 2. The Bertz CT molecular complexity index is 887. The monoisotopic (exact) mass is 482 g/mol. The summed E-state index contributed by atoms with van der Waals surface area (Å²) in [7, 11) is -2.60. The van der Waals surface area contributed by atoms with Crippen LogP contribution in [-0.4, -0.2) is 33.3 Å². The summed E-state index contributed by atoms with van der Waals surface area (Å²) in [4.78, 5) is 24.6. The minimum Gasteiger partial charge on any atom is -0.457 e. The van der Waals surface area contributed by atoms with E-state index >= 15 is 0 Å². The molecule has 0 radical (unpaired) electrons. The second-order valence-electron chi connectivity index (χ2n) is 11.5. The topological polar surface area (TPSA) is 52.6 Å². The number of ether oxygens (including phenoxy) is 1. The molecule has 0 saturated carbocycles. The molecular formula is C29H42O4Si. The van der Waals surface area contributed by atoms with Gasteiger partial charge >= 0.3 is 5.97 Å². The van der Waals surface area contributed by atoms with E-state index in [-0.39, 0.29) is 35.2 Å². The van der Waals surface area contributed by atoms with Gasteiger partial charge in [-0.15, -0.1) is 0 Å². The second-order valence-corrected chi connectivity index (χ2v) is 15.8. The fourth-order valence-electron chi connectivity index (χ4n) is 4.33. The van der Waals surface area contributed by atoms with Crippen molar-refractivity contribution in [2.75, 3.05) is 13.2 Å². The van der Waals surface area contributed by atoms with Crippen LogP contribution in [0.3, 0.4) is 0 Å². The van der Waals surface area contributed by atoms with Crippen molar-refractivity contribution < 1.29 is 18.8 Å². The van der Waals surface area contributed by atoms with Gasteiger partial charge in [-0.2, -0.15) is 0 Å². The Hall–Kier alpha value is -2.24. The van der Waals surface area contributed by atoms with E-state index in [1.54, 1.807) is 20.8 Å². The van der Waals surface area contributed by atoms with Crippen LogP contribution in [0.4, 0.5) is 0 Å². The fraction of sp³-hybridized carbons (Fsp3) is 0.517. The van der Waals surface area contributed by atoms with Crippen molar-refractivity contribution in [2.24, 2.45) is 17.3 Å². The van der Waals surface area contributed by atoms with Gasteiger partial charge in [0.1, 0.15) is 6.61 Å². The molecule has 0 aliphatic rings. The van der Waals surface area contributed by atoms with Crippen molar-refractivity contribution in [1.82, 2.24) is 0 Å². The molecule has 2 rings (SSSR count). The minimum absolute atomic E-state index is 0.0464. The van der Waals surface area contributed by atoms with Gasteiger partial charge in [0.2, 0.25) is 0 Å². The van der Waals surface area contributed by atoms with E-state index in [0.717, 1.165) is 0 Å². The molecular weight excluding hydrogens is 440 g/mol. The largest absolute Gasteiger partial charge is 0.457 e. The van der Waals surface area contributed by atoms with Gasteiger partial charge in [-0.1, -0.05) is 95.3 Å². The summed E-state index contributed by atoms with van der Waals surface area (Å²) in [5.41, 5.74) is -0.611. The van der Waals surface area contributed by atoms with Crippen LogP contribution in [0.15, 0.2) is 60.7 Å². The molecule has 0 heterocycles. The van der Waals surface area contributed by atoms with Crippen molar-refractivity contribution in [3.63, 3.8) is 0 Å². The Labute approximate surface area is 207 Å². The van der Waals surface area contributed by atoms with E-state index in [9.17, 15) is 9.59 Å². The molecule has 4 nitrogen and oxygen atoms in total. The Morgan fingerprint density at radius 2 is 1.29 bits per heavy atom. The van der Waals surface area contributed by atoms with Crippen LogP contribution >= 0.6 is 0 Å². The molecule has 0 aromatic heterocycles. The molecule has 0 amide bonds. The van der Waals surface area contributed by atoms with Crippen LogP contribution in [0.25, 0.3) is 0 Å². The summed E-state index contributed by atoms with van der Waals surface area (Å²) in [6.07, 6.45) is 0.685. The van der Waals surface area contributed by atoms with Gasteiger partial charge in [-0.25, -0.2) is 0 Å². The zero-order valence-corrected chi connectivity index (χ0v) is 23.2. The minimum atomic E-state index is -2.60. The molecule has 186 valence electrons. The first-order valence-corrected chi connectivity index (χ1v) is 14.1. The summed E-state index contributed by atoms with van der Waals surface area (Å²) in [6, 6.07) is 21.1. The van der Waals surface area contributed by atoms with E-state index < -0.39 is 13.7 Å². The summed E-state index contributed by atoms with van der Waals surface area (Å²) in [6.45, 7) is 16.6. The smallest absolute Gasteiger partial charge is 0.311 e. The number of carbonyl (C=O) groups is 2. The molecule has 2 aromatic carbocycles. The highest BCUT2D eigenvalue weighted by Gasteiger charge is 2.50. The predicted octanol–water partition coefficient (Wildman–Crippen LogP) is 5.38. The third-order valence-corrected chi connectivity index (χ3v) is 11.3. The Morgan fingerprint density at radius 1 is 0.824 bits per heavy atom. The van der Waals surface area contributed by atoms with Crippen LogP contribution in [0, 0.1) is 17.3 Å². The van der Waals surface area contributed by atoms with Crippen LogP contribution < -0.4 is 10.4 Å². The lowest BCUT2D eigenvalue weighted by atomic mass is 9.94. The molecule has 0 N–H and O–H groups in total. The third kappa shape index (κ3) is 6.89. The maximum atomic E-state index is 12.6. The molecule has 0 fully saturated rings. The number of ketones is 1. The first-order valence-electron chi connectivity index (χ1n) is 12.2. The van der Waals surface area contributed by atoms with E-state index in [1.807, 2.05) is 19.1 Å². The lowest BCUT2D eigenvalue weighted by molar-refractivity contribution is -0.156. The molecule has 0 saturated heterocycles. The number of hydrogen-bond acceptors (Lipinski definition) is 4. The van der Waals surface area contributed by atoms with Crippen molar-refractivity contribution in [2.45, 2.75) is 66.8 Å². The van der Waals surface area contributed by atoms with Crippen LogP contribution in [0.2, 0.25) is 5.04 Å². The van der Waals surface area contributed by atoms with Gasteiger partial charge in [-0.05, 0) is 48.5 Å². The fourth-order valence-corrected chi connectivity index (χ4v) is 9.02. The summed E-state index contributed by atoms with van der Waals surface area (Å²) in [5, 5.41) is 2.41. The summed E-state index contributed by atoms with van der Waals surface area (Å²) >= 11 is 0. The van der Waals surface area contributed by atoms with Gasteiger partial charge in [0, 0.05) is 12.5 Å². The third-order valence-electron chi connectivity index (χ3n) is 6.26. The van der Waals surface area contributed by atoms with Gasteiger partial charge in [-0.3, -0.25) is 9.59 Å². The molecule has 2 aromatic rings. The number of esters is 1. The Balaban J connectivity index is 2.16. The summed E-state index contributed by atoms with van der Waals surface area (Å²) < 4.78 is 12.2. The molecule has 0 unspecified atom stereocenters. The zero-order chi connectivity index (χ0) is 25.6. The maximum absolute atomic E-state index is 12.6. The molecule has 0 aliphatic carbocycles. The van der Waals surface area contributed by atoms with Crippen LogP contribution in [0.5, 0.6) is 0 Å². The molecule has 5 heteroatoms. The van der Waals surface area contributed by atoms with E-state index in [0.29, 0.717) is 13.0 Å². The first kappa shape index (κ1) is 28.0. The summed E-state index contributed by atoms with van der Waals surface area (Å²) in [5.74, 6) is -0.421. The Morgan fingerprint density at radius 3 is 1.71 bits per heavy atom. The number of Topliss-reactive ketones (excluding diaryl/α,β-unsaturated/α-hetero) is 1. The van der Waals surface area contributed by atoms with Crippen molar-refractivity contribution in [3.05, 3.63) is 60.7 Å². The van der Waals surface area contributed by atoms with Gasteiger partial charge in [0.25, 0.3) is 8.32 Å². The van der Waals surface area contributed by atoms with E-state index in [4.69, 9.17) is 9.16 Å². The average molecular weight is 483 g/mol. The number of hydrogen-bond donors (Lipinski definition) is 0. The highest BCUT2D eigenvalue weighted by atomic mass is 28.4. The molecule has 0 spiro atoms. The van der Waals surface area contributed by atoms with Crippen molar-refractivity contribution >= 4 is 30.4 Å². The van der Waals surface area contributed by atoms with Crippen molar-refractivity contribution in [1.29, 1.82) is 0 Å². The van der Waals surface area contributed by atoms with Crippen LogP contribution in [0.1, 0.15) is 61.8 Å². The number of rotatable bonds is 10.